The smallest absolute Gasteiger partial charge is 0.0162 e. The van der Waals surface area contributed by atoms with Gasteiger partial charge in [0.15, 0.2) is 0 Å². The van der Waals surface area contributed by atoms with Gasteiger partial charge in [0.1, 0.15) is 0 Å². The fraction of sp³-hybridized carbons (Fsp3) is 0.684. The van der Waals surface area contributed by atoms with Crippen molar-refractivity contribution in [2.24, 2.45) is 23.7 Å². The number of benzene rings is 2. The molecule has 0 nitrogen and oxygen atoms in total. The molecule has 4 unspecified atom stereocenters. The SMILES string of the molecule is CCC(CCC(CCC(CCC(CC)C1CCCCC1)C1CCCCC1)c1ccccc1)c1ccccc1. The van der Waals surface area contributed by atoms with Crippen molar-refractivity contribution in [2.75, 3.05) is 0 Å². The van der Waals surface area contributed by atoms with E-state index in [0.717, 1.165) is 23.7 Å². The summed E-state index contributed by atoms with van der Waals surface area (Å²) in [5.41, 5.74) is 3.13. The summed E-state index contributed by atoms with van der Waals surface area (Å²) in [5.74, 6) is 5.37. The lowest BCUT2D eigenvalue weighted by Crippen LogP contribution is -2.22. The monoisotopic (exact) mass is 514 g/mol. The molecule has 2 aliphatic carbocycles. The minimum absolute atomic E-state index is 0.692. The Kier molecular flexibility index (Phi) is 12.8. The van der Waals surface area contributed by atoms with Crippen molar-refractivity contribution in [3.63, 3.8) is 0 Å². The van der Waals surface area contributed by atoms with Gasteiger partial charge in [0.05, 0.1) is 0 Å². The quantitative estimate of drug-likeness (QED) is 0.222. The molecule has 2 aromatic carbocycles. The molecule has 0 heteroatoms. The molecule has 0 heterocycles. The van der Waals surface area contributed by atoms with Gasteiger partial charge in [-0.25, -0.2) is 0 Å². The molecule has 38 heavy (non-hydrogen) atoms. The van der Waals surface area contributed by atoms with Gasteiger partial charge in [0.25, 0.3) is 0 Å². The molecular formula is C38H58. The Bertz CT molecular complexity index is 842. The van der Waals surface area contributed by atoms with Crippen LogP contribution in [0.4, 0.5) is 0 Å². The molecule has 0 aromatic heterocycles. The molecule has 4 atom stereocenters. The van der Waals surface area contributed by atoms with E-state index in [0.29, 0.717) is 11.8 Å². The van der Waals surface area contributed by atoms with Crippen molar-refractivity contribution in [3.8, 4) is 0 Å². The Hall–Kier alpha value is -1.56. The van der Waals surface area contributed by atoms with E-state index < -0.39 is 0 Å². The molecule has 0 aliphatic heterocycles. The maximum absolute atomic E-state index is 2.48. The second-order valence-electron chi connectivity index (χ2n) is 13.1. The van der Waals surface area contributed by atoms with Gasteiger partial charge in [-0.05, 0) is 91.6 Å². The van der Waals surface area contributed by atoms with Gasteiger partial charge in [-0.15, -0.1) is 0 Å². The molecule has 2 fully saturated rings. The van der Waals surface area contributed by atoms with Crippen molar-refractivity contribution in [2.45, 2.75) is 141 Å². The van der Waals surface area contributed by atoms with E-state index in [1.807, 2.05) is 0 Å². The van der Waals surface area contributed by atoms with Crippen LogP contribution >= 0.6 is 0 Å². The van der Waals surface area contributed by atoms with Gasteiger partial charge < -0.3 is 0 Å². The van der Waals surface area contributed by atoms with Crippen molar-refractivity contribution < 1.29 is 0 Å². The zero-order valence-electron chi connectivity index (χ0n) is 25.0. The first kappa shape index (κ1) is 29.4. The second-order valence-corrected chi connectivity index (χ2v) is 13.1. The molecule has 0 radical (unpaired) electrons. The summed E-state index contributed by atoms with van der Waals surface area (Å²) in [6, 6.07) is 22.9. The first-order valence-corrected chi connectivity index (χ1v) is 16.9. The summed E-state index contributed by atoms with van der Waals surface area (Å²) in [5, 5.41) is 0. The van der Waals surface area contributed by atoms with Crippen LogP contribution in [0.25, 0.3) is 0 Å². The van der Waals surface area contributed by atoms with Crippen LogP contribution in [0.3, 0.4) is 0 Å². The Balaban J connectivity index is 1.41. The summed E-state index contributed by atoms with van der Waals surface area (Å²) < 4.78 is 0. The minimum Gasteiger partial charge on any atom is -0.0651 e. The van der Waals surface area contributed by atoms with E-state index in [2.05, 4.69) is 74.5 Å². The van der Waals surface area contributed by atoms with Crippen molar-refractivity contribution in [3.05, 3.63) is 71.8 Å². The van der Waals surface area contributed by atoms with Crippen LogP contribution in [-0.2, 0) is 0 Å². The average molecular weight is 515 g/mol. The first-order valence-electron chi connectivity index (χ1n) is 16.9. The highest BCUT2D eigenvalue weighted by Crippen LogP contribution is 2.41. The third kappa shape index (κ3) is 8.99. The largest absolute Gasteiger partial charge is 0.0651 e. The van der Waals surface area contributed by atoms with Gasteiger partial charge in [0, 0.05) is 0 Å². The molecular weight excluding hydrogens is 456 g/mol. The van der Waals surface area contributed by atoms with Crippen molar-refractivity contribution >= 4 is 0 Å². The molecule has 0 spiro atoms. The number of hydrogen-bond donors (Lipinski definition) is 0. The topological polar surface area (TPSA) is 0 Å². The highest BCUT2D eigenvalue weighted by Gasteiger charge is 2.28. The zero-order chi connectivity index (χ0) is 26.4. The summed E-state index contributed by atoms with van der Waals surface area (Å²) >= 11 is 0. The zero-order valence-corrected chi connectivity index (χ0v) is 25.0. The van der Waals surface area contributed by atoms with E-state index in [1.54, 1.807) is 5.56 Å². The maximum atomic E-state index is 2.48. The first-order chi connectivity index (χ1) is 18.8. The van der Waals surface area contributed by atoms with Crippen LogP contribution in [0.2, 0.25) is 0 Å². The van der Waals surface area contributed by atoms with E-state index in [1.165, 1.54) is 121 Å². The Morgan fingerprint density at radius 1 is 0.474 bits per heavy atom. The predicted octanol–water partition coefficient (Wildman–Crippen LogP) is 12.1. The summed E-state index contributed by atoms with van der Waals surface area (Å²) in [7, 11) is 0. The van der Waals surface area contributed by atoms with Crippen molar-refractivity contribution in [1.82, 2.24) is 0 Å². The van der Waals surface area contributed by atoms with Crippen LogP contribution in [0.1, 0.15) is 152 Å². The minimum atomic E-state index is 0.692. The van der Waals surface area contributed by atoms with E-state index in [4.69, 9.17) is 0 Å². The fourth-order valence-electron chi connectivity index (χ4n) is 8.38. The molecule has 210 valence electrons. The lowest BCUT2D eigenvalue weighted by atomic mass is 9.71. The Morgan fingerprint density at radius 2 is 0.895 bits per heavy atom. The van der Waals surface area contributed by atoms with Gasteiger partial charge in [0.2, 0.25) is 0 Å². The van der Waals surface area contributed by atoms with E-state index in [9.17, 15) is 0 Å². The summed E-state index contributed by atoms with van der Waals surface area (Å²) in [6.45, 7) is 4.86. The van der Waals surface area contributed by atoms with Crippen molar-refractivity contribution in [1.29, 1.82) is 0 Å². The molecule has 0 N–H and O–H groups in total. The Labute approximate surface area is 236 Å². The van der Waals surface area contributed by atoms with E-state index >= 15 is 0 Å². The molecule has 2 aromatic rings. The molecule has 2 saturated carbocycles. The number of rotatable bonds is 15. The second kappa shape index (κ2) is 16.5. The van der Waals surface area contributed by atoms with Crippen LogP contribution in [0.15, 0.2) is 60.7 Å². The van der Waals surface area contributed by atoms with Gasteiger partial charge >= 0.3 is 0 Å². The fourth-order valence-corrected chi connectivity index (χ4v) is 8.38. The highest BCUT2D eigenvalue weighted by atomic mass is 14.3. The maximum Gasteiger partial charge on any atom is -0.0162 e. The normalized spacial score (nSPS) is 20.6. The lowest BCUT2D eigenvalue weighted by molar-refractivity contribution is 0.174. The standard InChI is InChI=1S/C38H58/c1-3-31(33-17-9-5-10-18-33)25-27-37(35-21-13-7-14-22-35)29-30-38(36-23-15-8-16-24-36)28-26-32(4-2)34-19-11-6-12-20-34/h5,7,9-10,13-14,17-18,21-22,31-32,34,36-38H,3-4,6,8,11-12,15-16,19-20,23-30H2,1-2H3. The summed E-state index contributed by atoms with van der Waals surface area (Å²) in [6.07, 6.45) is 26.1. The van der Waals surface area contributed by atoms with Crippen LogP contribution < -0.4 is 0 Å². The van der Waals surface area contributed by atoms with Crippen LogP contribution in [0, 0.1) is 23.7 Å². The predicted molar refractivity (Wildman–Crippen MR) is 167 cm³/mol. The molecule has 0 amide bonds. The summed E-state index contributed by atoms with van der Waals surface area (Å²) in [4.78, 5) is 0. The third-order valence-corrected chi connectivity index (χ3v) is 10.8. The van der Waals surface area contributed by atoms with E-state index in [-0.39, 0.29) is 0 Å². The average Bonchev–Trinajstić information content (AvgIpc) is 3.00. The van der Waals surface area contributed by atoms with Gasteiger partial charge in [-0.1, -0.05) is 145 Å². The molecule has 0 bridgehead atoms. The molecule has 2 aliphatic rings. The lowest BCUT2D eigenvalue weighted by Gasteiger charge is -2.35. The number of hydrogen-bond acceptors (Lipinski definition) is 0. The van der Waals surface area contributed by atoms with Crippen LogP contribution in [0.5, 0.6) is 0 Å². The highest BCUT2D eigenvalue weighted by molar-refractivity contribution is 5.21. The van der Waals surface area contributed by atoms with Crippen LogP contribution in [-0.4, -0.2) is 0 Å². The van der Waals surface area contributed by atoms with Gasteiger partial charge in [-0.3, -0.25) is 0 Å². The third-order valence-electron chi connectivity index (χ3n) is 10.8. The molecule has 4 rings (SSSR count). The molecule has 0 saturated heterocycles. The van der Waals surface area contributed by atoms with Gasteiger partial charge in [-0.2, -0.15) is 0 Å². The Morgan fingerprint density at radius 3 is 1.42 bits per heavy atom.